The number of amides is 1. The zero-order valence-electron chi connectivity index (χ0n) is 4.24. The first-order valence-corrected chi connectivity index (χ1v) is 2.45. The Morgan fingerprint density at radius 1 is 1.89 bits per heavy atom. The molecule has 1 heterocycles. The van der Waals surface area contributed by atoms with Crippen LogP contribution < -0.4 is 5.43 Å². The fourth-order valence-electron chi connectivity index (χ4n) is 0.334. The van der Waals surface area contributed by atoms with Crippen LogP contribution in [0.5, 0.6) is 0 Å². The van der Waals surface area contributed by atoms with Gasteiger partial charge in [-0.15, -0.1) is 4.79 Å². The molecule has 7 heteroatoms. The SMILES string of the molecule is O=CNn1[nH]nnc1=S. The summed E-state index contributed by atoms with van der Waals surface area (Å²) >= 11 is 4.59. The first kappa shape index (κ1) is 5.89. The quantitative estimate of drug-likeness (QED) is 0.415. The maximum atomic E-state index is 9.77. The number of hydrogen-bond donors (Lipinski definition) is 2. The van der Waals surface area contributed by atoms with Gasteiger partial charge in [0.2, 0.25) is 6.41 Å². The predicted octanol–water partition coefficient (Wildman–Crippen LogP) is -0.964. The van der Waals surface area contributed by atoms with Gasteiger partial charge in [0.05, 0.1) is 0 Å². The number of carbonyl (C=O) groups excluding carboxylic acids is 1. The van der Waals surface area contributed by atoms with Gasteiger partial charge in [-0.2, -0.15) is 5.21 Å². The van der Waals surface area contributed by atoms with Gasteiger partial charge in [0.1, 0.15) is 0 Å². The Morgan fingerprint density at radius 3 is 3.11 bits per heavy atom. The highest BCUT2D eigenvalue weighted by molar-refractivity contribution is 7.71. The number of aromatic nitrogens is 4. The van der Waals surface area contributed by atoms with E-state index in [0.29, 0.717) is 6.41 Å². The maximum absolute atomic E-state index is 9.77. The smallest absolute Gasteiger partial charge is 0.258 e. The van der Waals surface area contributed by atoms with Crippen LogP contribution in [0, 0.1) is 4.77 Å². The summed E-state index contributed by atoms with van der Waals surface area (Å²) in [4.78, 5) is 10.9. The molecule has 0 unspecified atom stereocenters. The Hall–Kier alpha value is -1.24. The van der Waals surface area contributed by atoms with Crippen molar-refractivity contribution in [1.29, 1.82) is 0 Å². The Labute approximate surface area is 54.8 Å². The predicted molar refractivity (Wildman–Crippen MR) is 30.6 cm³/mol. The second kappa shape index (κ2) is 2.35. The van der Waals surface area contributed by atoms with Crippen LogP contribution in [0.1, 0.15) is 0 Å². The minimum atomic E-state index is 0.183. The Balaban J connectivity index is 2.93. The molecule has 9 heavy (non-hydrogen) atoms. The Bertz CT molecular complexity index is 249. The summed E-state index contributed by atoms with van der Waals surface area (Å²) in [6, 6.07) is 0. The third kappa shape index (κ3) is 1.11. The molecule has 0 bridgehead atoms. The fraction of sp³-hybridized carbons (Fsp3) is 0. The van der Waals surface area contributed by atoms with E-state index in [0.717, 1.165) is 4.79 Å². The molecule has 0 aromatic carbocycles. The molecule has 1 aromatic rings. The third-order valence-corrected chi connectivity index (χ3v) is 0.918. The molecule has 0 aliphatic carbocycles. The first-order valence-electron chi connectivity index (χ1n) is 2.05. The average Bonchev–Trinajstić information content (AvgIpc) is 2.18. The molecule has 0 spiro atoms. The Morgan fingerprint density at radius 2 is 2.67 bits per heavy atom. The lowest BCUT2D eigenvalue weighted by Gasteiger charge is -1.90. The van der Waals surface area contributed by atoms with Crippen molar-refractivity contribution in [3.63, 3.8) is 0 Å². The summed E-state index contributed by atoms with van der Waals surface area (Å²) < 4.78 is 0.183. The van der Waals surface area contributed by atoms with E-state index in [9.17, 15) is 4.79 Å². The molecule has 0 radical (unpaired) electrons. The van der Waals surface area contributed by atoms with Crippen molar-refractivity contribution >= 4 is 18.6 Å². The molecular formula is C2H3N5OS. The van der Waals surface area contributed by atoms with Gasteiger partial charge in [0.25, 0.3) is 4.77 Å². The summed E-state index contributed by atoms with van der Waals surface area (Å²) in [5, 5.41) is 9.00. The standard InChI is InChI=1S/C2H3N5OS/c8-1-3-7-2(9)4-5-6-7/h1H,(H,3,8)(H,4,6,9). The molecule has 0 saturated carbocycles. The van der Waals surface area contributed by atoms with Crippen LogP contribution in [-0.4, -0.2) is 26.7 Å². The van der Waals surface area contributed by atoms with Crippen LogP contribution in [0.3, 0.4) is 0 Å². The highest BCUT2D eigenvalue weighted by atomic mass is 32.1. The summed E-state index contributed by atoms with van der Waals surface area (Å²) in [7, 11) is 0. The average molecular weight is 145 g/mol. The van der Waals surface area contributed by atoms with E-state index in [1.165, 1.54) is 0 Å². The molecule has 1 amide bonds. The van der Waals surface area contributed by atoms with Gasteiger partial charge >= 0.3 is 0 Å². The highest BCUT2D eigenvalue weighted by Gasteiger charge is 1.87. The highest BCUT2D eigenvalue weighted by Crippen LogP contribution is 1.72. The van der Waals surface area contributed by atoms with Gasteiger partial charge in [0, 0.05) is 0 Å². The van der Waals surface area contributed by atoms with E-state index in [4.69, 9.17) is 0 Å². The number of nitrogens with one attached hydrogen (secondary N) is 2. The normalized spacial score (nSPS) is 8.89. The number of tetrazole rings is 1. The molecule has 0 aliphatic rings. The van der Waals surface area contributed by atoms with Crippen LogP contribution in [0.2, 0.25) is 0 Å². The molecule has 0 fully saturated rings. The van der Waals surface area contributed by atoms with E-state index in [-0.39, 0.29) is 4.77 Å². The molecule has 48 valence electrons. The summed E-state index contributed by atoms with van der Waals surface area (Å²) in [6.07, 6.45) is 0.468. The van der Waals surface area contributed by atoms with Gasteiger partial charge < -0.3 is 0 Å². The molecule has 0 aliphatic heterocycles. The van der Waals surface area contributed by atoms with Crippen LogP contribution >= 0.6 is 12.2 Å². The van der Waals surface area contributed by atoms with Gasteiger partial charge in [-0.1, -0.05) is 5.10 Å². The van der Waals surface area contributed by atoms with Crippen LogP contribution in [0.25, 0.3) is 0 Å². The summed E-state index contributed by atoms with van der Waals surface area (Å²) in [6.45, 7) is 0. The number of aromatic amines is 1. The van der Waals surface area contributed by atoms with Crippen molar-refractivity contribution in [1.82, 2.24) is 20.3 Å². The number of rotatable bonds is 2. The van der Waals surface area contributed by atoms with Crippen molar-refractivity contribution in [2.75, 3.05) is 5.43 Å². The van der Waals surface area contributed by atoms with Crippen molar-refractivity contribution in [3.05, 3.63) is 4.77 Å². The maximum Gasteiger partial charge on any atom is 0.258 e. The molecule has 1 rings (SSSR count). The number of H-pyrrole nitrogens is 1. The third-order valence-electron chi connectivity index (χ3n) is 0.653. The molecule has 1 aromatic heterocycles. The van der Waals surface area contributed by atoms with Crippen molar-refractivity contribution < 1.29 is 4.79 Å². The molecule has 0 atom stereocenters. The second-order valence-electron chi connectivity index (χ2n) is 1.16. The van der Waals surface area contributed by atoms with Crippen LogP contribution in [-0.2, 0) is 4.79 Å². The van der Waals surface area contributed by atoms with Crippen molar-refractivity contribution in [3.8, 4) is 0 Å². The molecular weight excluding hydrogens is 142 g/mol. The number of nitrogens with zero attached hydrogens (tertiary/aromatic N) is 3. The topological polar surface area (TPSA) is 75.6 Å². The number of hydrogen-bond acceptors (Lipinski definition) is 4. The van der Waals surface area contributed by atoms with E-state index >= 15 is 0 Å². The summed E-state index contributed by atoms with van der Waals surface area (Å²) in [5.41, 5.74) is 2.21. The zero-order valence-corrected chi connectivity index (χ0v) is 5.05. The van der Waals surface area contributed by atoms with Gasteiger partial charge in [-0.3, -0.25) is 4.79 Å². The lowest BCUT2D eigenvalue weighted by Crippen LogP contribution is -2.13. The number of carbonyl (C=O) groups is 1. The fourth-order valence-corrected chi connectivity index (χ4v) is 0.468. The van der Waals surface area contributed by atoms with Crippen molar-refractivity contribution in [2.45, 2.75) is 0 Å². The van der Waals surface area contributed by atoms with Crippen molar-refractivity contribution in [2.24, 2.45) is 0 Å². The van der Waals surface area contributed by atoms with Gasteiger partial charge in [0.15, 0.2) is 0 Å². The van der Waals surface area contributed by atoms with Gasteiger partial charge in [-0.05, 0) is 17.4 Å². The van der Waals surface area contributed by atoms with E-state index in [1.807, 2.05) is 0 Å². The molecule has 2 N–H and O–H groups in total. The minimum absolute atomic E-state index is 0.183. The van der Waals surface area contributed by atoms with E-state index < -0.39 is 0 Å². The van der Waals surface area contributed by atoms with Crippen LogP contribution in [0.15, 0.2) is 0 Å². The van der Waals surface area contributed by atoms with E-state index in [2.05, 4.69) is 33.2 Å². The van der Waals surface area contributed by atoms with Crippen LogP contribution in [0.4, 0.5) is 0 Å². The molecule has 0 saturated heterocycles. The molecule has 6 nitrogen and oxygen atoms in total. The van der Waals surface area contributed by atoms with Gasteiger partial charge in [-0.25, -0.2) is 5.43 Å². The van der Waals surface area contributed by atoms with E-state index in [1.54, 1.807) is 0 Å². The lowest BCUT2D eigenvalue weighted by molar-refractivity contribution is -0.106. The monoisotopic (exact) mass is 145 g/mol. The second-order valence-corrected chi connectivity index (χ2v) is 1.53. The lowest BCUT2D eigenvalue weighted by atomic mass is 11.3. The zero-order chi connectivity index (χ0) is 6.69. The summed E-state index contributed by atoms with van der Waals surface area (Å²) in [5.74, 6) is 0. The minimum Gasteiger partial charge on any atom is -0.277 e. The first-order chi connectivity index (χ1) is 4.34. The largest absolute Gasteiger partial charge is 0.277 e. The Kier molecular flexibility index (Phi) is 1.54.